The van der Waals surface area contributed by atoms with Crippen LogP contribution in [0, 0.1) is 11.8 Å². The maximum atomic E-state index is 14.0. The van der Waals surface area contributed by atoms with Crippen LogP contribution in [0.15, 0.2) is 71.2 Å². The number of carbonyl (C=O) groups excluding carboxylic acids is 4. The van der Waals surface area contributed by atoms with Crippen molar-refractivity contribution in [3.63, 3.8) is 0 Å². The van der Waals surface area contributed by atoms with Crippen molar-refractivity contribution in [2.24, 2.45) is 11.8 Å². The smallest absolute Gasteiger partial charge is 0.241 e. The number of halogens is 2. The molecule has 0 aromatic heterocycles. The molecule has 2 amide bonds. The molecule has 7 nitrogen and oxygen atoms in total. The van der Waals surface area contributed by atoms with Crippen LogP contribution < -0.4 is 9.64 Å². The zero-order valence-corrected chi connectivity index (χ0v) is 21.1. The van der Waals surface area contributed by atoms with Gasteiger partial charge in [-0.15, -0.1) is 0 Å². The molecule has 9 heteroatoms. The molecule has 36 heavy (non-hydrogen) atoms. The fraction of sp³-hybridized carbons (Fsp3) is 0.185. The van der Waals surface area contributed by atoms with E-state index in [1.807, 2.05) is 0 Å². The summed E-state index contributed by atoms with van der Waals surface area (Å²) in [7, 11) is 1.41. The molecule has 1 spiro atoms. The Kier molecular flexibility index (Phi) is 5.19. The summed E-state index contributed by atoms with van der Waals surface area (Å²) in [5.41, 5.74) is -1.06. The van der Waals surface area contributed by atoms with Crippen molar-refractivity contribution in [3.8, 4) is 5.75 Å². The number of anilines is 1. The Labute approximate surface area is 219 Å². The maximum Gasteiger partial charge on any atom is 0.241 e. The molecule has 1 aliphatic carbocycles. The van der Waals surface area contributed by atoms with Gasteiger partial charge in [0.1, 0.15) is 5.75 Å². The van der Waals surface area contributed by atoms with Crippen LogP contribution in [0.1, 0.15) is 32.4 Å². The fourth-order valence-electron chi connectivity index (χ4n) is 5.55. The molecule has 2 fully saturated rings. The molecule has 0 saturated carbocycles. The Morgan fingerprint density at radius 3 is 2.17 bits per heavy atom. The molecular formula is C27H17BrClNO6. The van der Waals surface area contributed by atoms with Crippen LogP contribution in [-0.2, 0) is 14.3 Å². The van der Waals surface area contributed by atoms with Crippen molar-refractivity contribution in [2.45, 2.75) is 11.7 Å². The Morgan fingerprint density at radius 1 is 0.917 bits per heavy atom. The third-order valence-electron chi connectivity index (χ3n) is 7.10. The third kappa shape index (κ3) is 2.95. The number of benzene rings is 3. The van der Waals surface area contributed by atoms with Crippen molar-refractivity contribution in [1.29, 1.82) is 0 Å². The molecular weight excluding hydrogens is 550 g/mol. The van der Waals surface area contributed by atoms with Crippen LogP contribution >= 0.6 is 27.5 Å². The van der Waals surface area contributed by atoms with E-state index in [1.165, 1.54) is 25.3 Å². The van der Waals surface area contributed by atoms with Crippen LogP contribution in [0.4, 0.5) is 5.69 Å². The molecule has 3 atom stereocenters. The summed E-state index contributed by atoms with van der Waals surface area (Å²) in [6.45, 7) is 0. The minimum Gasteiger partial charge on any atom is -0.495 e. The second-order valence-corrected chi connectivity index (χ2v) is 10.2. The van der Waals surface area contributed by atoms with E-state index in [0.29, 0.717) is 10.6 Å². The van der Waals surface area contributed by atoms with Crippen LogP contribution in [0.3, 0.4) is 0 Å². The molecule has 3 aromatic carbocycles. The van der Waals surface area contributed by atoms with Crippen LogP contribution in [0.5, 0.6) is 5.75 Å². The van der Waals surface area contributed by atoms with Gasteiger partial charge in [0.15, 0.2) is 0 Å². The van der Waals surface area contributed by atoms with Gasteiger partial charge >= 0.3 is 0 Å². The largest absolute Gasteiger partial charge is 0.495 e. The number of hydrogen-bond donors (Lipinski definition) is 0. The molecule has 0 unspecified atom stereocenters. The third-order valence-corrected chi connectivity index (χ3v) is 7.86. The quantitative estimate of drug-likeness (QED) is 0.334. The summed E-state index contributed by atoms with van der Waals surface area (Å²) in [5.74, 6) is -4.73. The van der Waals surface area contributed by atoms with Gasteiger partial charge in [0.2, 0.25) is 29.0 Å². The zero-order chi connectivity index (χ0) is 25.4. The number of methoxy groups -OCH3 is 1. The molecule has 180 valence electrons. The lowest BCUT2D eigenvalue weighted by Crippen LogP contribution is -2.51. The van der Waals surface area contributed by atoms with Gasteiger partial charge in [0.05, 0.1) is 30.7 Å². The average Bonchev–Trinajstić information content (AvgIpc) is 3.44. The Morgan fingerprint density at radius 2 is 1.56 bits per heavy atom. The monoisotopic (exact) mass is 565 g/mol. The lowest BCUT2D eigenvalue weighted by molar-refractivity contribution is -0.127. The first-order chi connectivity index (χ1) is 17.3. The lowest BCUT2D eigenvalue weighted by atomic mass is 9.77. The highest BCUT2D eigenvalue weighted by molar-refractivity contribution is 9.10. The van der Waals surface area contributed by atoms with Gasteiger partial charge in [-0.25, -0.2) is 4.90 Å². The highest BCUT2D eigenvalue weighted by atomic mass is 79.9. The van der Waals surface area contributed by atoms with Crippen LogP contribution in [0.2, 0.25) is 5.02 Å². The van der Waals surface area contributed by atoms with E-state index in [-0.39, 0.29) is 22.6 Å². The van der Waals surface area contributed by atoms with Crippen molar-refractivity contribution in [3.05, 3.63) is 92.9 Å². The van der Waals surface area contributed by atoms with Gasteiger partial charge in [0, 0.05) is 20.6 Å². The second kappa shape index (κ2) is 8.09. The Bertz CT molecular complexity index is 1450. The SMILES string of the molecule is COc1ccc(Cl)cc1N1C(=O)[C@@H]2[C@@H](c3ccc(Br)cc3)OC3(C(=O)c4ccccc4C3=O)[C@H]2C1=O. The van der Waals surface area contributed by atoms with Gasteiger partial charge < -0.3 is 9.47 Å². The number of hydrogen-bond acceptors (Lipinski definition) is 6. The fourth-order valence-corrected chi connectivity index (χ4v) is 5.98. The van der Waals surface area contributed by atoms with E-state index in [2.05, 4.69) is 15.9 Å². The minimum atomic E-state index is -2.14. The van der Waals surface area contributed by atoms with Gasteiger partial charge in [-0.2, -0.15) is 0 Å². The van der Waals surface area contributed by atoms with Gasteiger partial charge in [-0.1, -0.05) is 63.9 Å². The van der Waals surface area contributed by atoms with Crippen molar-refractivity contribution in [1.82, 2.24) is 0 Å². The van der Waals surface area contributed by atoms with Crippen LogP contribution in [-0.4, -0.2) is 36.1 Å². The minimum absolute atomic E-state index is 0.148. The topological polar surface area (TPSA) is 90.0 Å². The van der Waals surface area contributed by atoms with E-state index < -0.39 is 46.9 Å². The van der Waals surface area contributed by atoms with Gasteiger partial charge in [-0.3, -0.25) is 19.2 Å². The number of nitrogens with zero attached hydrogens (tertiary/aromatic N) is 1. The molecule has 2 heterocycles. The van der Waals surface area contributed by atoms with Crippen molar-refractivity contribution >= 4 is 56.6 Å². The molecule has 2 aliphatic heterocycles. The number of amides is 2. The number of imide groups is 1. The number of carbonyl (C=O) groups is 4. The molecule has 3 aliphatic rings. The Hall–Kier alpha value is -3.33. The average molecular weight is 567 g/mol. The zero-order valence-electron chi connectivity index (χ0n) is 18.7. The summed E-state index contributed by atoms with van der Waals surface area (Å²) in [6.07, 6.45) is -1.00. The summed E-state index contributed by atoms with van der Waals surface area (Å²) in [6, 6.07) is 18.0. The number of rotatable bonds is 3. The van der Waals surface area contributed by atoms with Gasteiger partial charge in [-0.05, 0) is 35.9 Å². The number of ketones is 2. The number of Topliss-reactive ketones (excluding diaryl/α,β-unsaturated/α-hetero) is 2. The van der Waals surface area contributed by atoms with E-state index in [4.69, 9.17) is 21.1 Å². The normalized spacial score (nSPS) is 24.0. The van der Waals surface area contributed by atoms with Crippen LogP contribution in [0.25, 0.3) is 0 Å². The standard InChI is InChI=1S/C27H17BrClNO6/c1-35-19-11-10-15(29)12-18(19)30-25(33)20-21(26(30)34)27(36-22(20)13-6-8-14(28)9-7-13)23(31)16-4-2-3-5-17(16)24(27)32/h2-12,20-22H,1H3/t20-,21+,22+/m0/s1. The van der Waals surface area contributed by atoms with E-state index in [9.17, 15) is 19.2 Å². The van der Waals surface area contributed by atoms with E-state index >= 15 is 0 Å². The maximum absolute atomic E-state index is 14.0. The highest BCUT2D eigenvalue weighted by Gasteiger charge is 2.74. The first kappa shape index (κ1) is 23.1. The van der Waals surface area contributed by atoms with Gasteiger partial charge in [0.25, 0.3) is 0 Å². The summed E-state index contributed by atoms with van der Waals surface area (Å²) >= 11 is 9.58. The Balaban J connectivity index is 1.56. The number of ether oxygens (including phenoxy) is 2. The van der Waals surface area contributed by atoms with E-state index in [1.54, 1.807) is 48.5 Å². The van der Waals surface area contributed by atoms with Crippen molar-refractivity contribution in [2.75, 3.05) is 12.0 Å². The van der Waals surface area contributed by atoms with Crippen molar-refractivity contribution < 1.29 is 28.7 Å². The highest BCUT2D eigenvalue weighted by Crippen LogP contribution is 2.58. The molecule has 0 N–H and O–H groups in total. The molecule has 0 bridgehead atoms. The number of fused-ring (bicyclic) bond motifs is 3. The second-order valence-electron chi connectivity index (χ2n) is 8.86. The summed E-state index contributed by atoms with van der Waals surface area (Å²) in [4.78, 5) is 56.5. The lowest BCUT2D eigenvalue weighted by Gasteiger charge is -2.27. The summed E-state index contributed by atoms with van der Waals surface area (Å²) < 4.78 is 12.5. The van der Waals surface area contributed by atoms with E-state index in [0.717, 1.165) is 9.37 Å². The first-order valence-corrected chi connectivity index (χ1v) is 12.3. The predicted octanol–water partition coefficient (Wildman–Crippen LogP) is 4.81. The molecule has 0 radical (unpaired) electrons. The summed E-state index contributed by atoms with van der Waals surface area (Å²) in [5, 5.41) is 0.291. The first-order valence-electron chi connectivity index (χ1n) is 11.1. The molecule has 3 aromatic rings. The predicted molar refractivity (Wildman–Crippen MR) is 133 cm³/mol. The molecule has 2 saturated heterocycles. The molecule has 6 rings (SSSR count).